The van der Waals surface area contributed by atoms with Crippen molar-refractivity contribution < 1.29 is 22.7 Å². The van der Waals surface area contributed by atoms with Gasteiger partial charge in [-0.05, 0) is 68.8 Å². The van der Waals surface area contributed by atoms with Gasteiger partial charge in [-0.2, -0.15) is 0 Å². The molecule has 0 spiro atoms. The minimum atomic E-state index is -4.08. The molecule has 0 atom stereocenters. The van der Waals surface area contributed by atoms with Crippen LogP contribution in [-0.4, -0.2) is 26.9 Å². The molecule has 0 aliphatic rings. The summed E-state index contributed by atoms with van der Waals surface area (Å²) in [5, 5.41) is 2.69. The Morgan fingerprint density at radius 1 is 0.882 bits per heavy atom. The summed E-state index contributed by atoms with van der Waals surface area (Å²) in [6.07, 6.45) is 0. The van der Waals surface area contributed by atoms with Gasteiger partial charge in [0.2, 0.25) is 0 Å². The molecule has 0 aliphatic carbocycles. The van der Waals surface area contributed by atoms with Crippen LogP contribution in [0.3, 0.4) is 0 Å². The Balaban J connectivity index is 1.85. The molecular weight excluding hydrogens is 499 g/mol. The number of esters is 1. The topological polar surface area (TPSA) is 102 Å². The summed E-state index contributed by atoms with van der Waals surface area (Å²) in [5.41, 5.74) is 2.68. The van der Waals surface area contributed by atoms with Crippen LogP contribution < -0.4 is 10.0 Å². The number of sulfonamides is 1. The van der Waals surface area contributed by atoms with Gasteiger partial charge in [-0.25, -0.2) is 13.2 Å². The number of carbonyl (C=O) groups excluding carboxylic acids is 2. The van der Waals surface area contributed by atoms with E-state index in [2.05, 4.69) is 10.0 Å². The third kappa shape index (κ3) is 5.88. The second-order valence-electron chi connectivity index (χ2n) is 7.44. The van der Waals surface area contributed by atoms with Gasteiger partial charge in [0.1, 0.15) is 4.90 Å². The highest BCUT2D eigenvalue weighted by Crippen LogP contribution is 2.28. The smallest absolute Gasteiger partial charge is 0.338 e. The summed E-state index contributed by atoms with van der Waals surface area (Å²) < 4.78 is 33.5. The molecule has 3 rings (SSSR count). The number of hydrogen-bond acceptors (Lipinski definition) is 5. The Morgan fingerprint density at radius 3 is 2.21 bits per heavy atom. The van der Waals surface area contributed by atoms with Gasteiger partial charge in [-0.15, -0.1) is 0 Å². The second kappa shape index (κ2) is 10.5. The Kier molecular flexibility index (Phi) is 7.86. The van der Waals surface area contributed by atoms with Crippen LogP contribution in [0, 0.1) is 13.8 Å². The minimum absolute atomic E-state index is 0.0364. The second-order valence-corrected chi connectivity index (χ2v) is 9.90. The van der Waals surface area contributed by atoms with Crippen molar-refractivity contribution in [3.05, 3.63) is 86.9 Å². The van der Waals surface area contributed by atoms with Crippen LogP contribution >= 0.6 is 23.2 Å². The molecule has 0 radical (unpaired) electrons. The van der Waals surface area contributed by atoms with E-state index in [1.54, 1.807) is 26.0 Å². The summed E-state index contributed by atoms with van der Waals surface area (Å²) in [6.45, 7) is 5.59. The van der Waals surface area contributed by atoms with E-state index in [0.717, 1.165) is 11.1 Å². The van der Waals surface area contributed by atoms with Crippen LogP contribution in [0.2, 0.25) is 10.0 Å². The fourth-order valence-corrected chi connectivity index (χ4v) is 5.02. The molecule has 3 aromatic carbocycles. The molecule has 2 N–H and O–H groups in total. The Hall–Kier alpha value is -3.07. The van der Waals surface area contributed by atoms with Crippen molar-refractivity contribution in [3.8, 4) is 0 Å². The number of ether oxygens (including phenoxy) is 1. The normalized spacial score (nSPS) is 11.1. The van der Waals surface area contributed by atoms with Crippen LogP contribution in [0.4, 0.5) is 11.4 Å². The SMILES string of the molecule is CCOC(=O)c1ccc(NC(=O)c2ccc(Cl)c(S(=O)(=O)Nc3ccc(C)cc3C)c2)c(Cl)c1. The number of hydrogen-bond donors (Lipinski definition) is 2. The summed E-state index contributed by atoms with van der Waals surface area (Å²) in [5.74, 6) is -1.14. The molecule has 0 heterocycles. The zero-order valence-corrected chi connectivity index (χ0v) is 20.9. The Bertz CT molecular complexity index is 1370. The van der Waals surface area contributed by atoms with E-state index in [1.165, 1.54) is 36.4 Å². The molecule has 0 aliphatic heterocycles. The number of carbonyl (C=O) groups is 2. The lowest BCUT2D eigenvalue weighted by Gasteiger charge is -2.14. The van der Waals surface area contributed by atoms with E-state index < -0.39 is 21.9 Å². The Morgan fingerprint density at radius 2 is 1.56 bits per heavy atom. The highest BCUT2D eigenvalue weighted by molar-refractivity contribution is 7.92. The van der Waals surface area contributed by atoms with Gasteiger partial charge in [-0.3, -0.25) is 9.52 Å². The molecule has 178 valence electrons. The maximum Gasteiger partial charge on any atom is 0.338 e. The van der Waals surface area contributed by atoms with E-state index in [-0.39, 0.29) is 38.4 Å². The van der Waals surface area contributed by atoms with Crippen molar-refractivity contribution in [2.75, 3.05) is 16.6 Å². The van der Waals surface area contributed by atoms with Crippen molar-refractivity contribution >= 4 is 56.5 Å². The van der Waals surface area contributed by atoms with Gasteiger partial charge in [-0.1, -0.05) is 40.9 Å². The van der Waals surface area contributed by atoms with E-state index in [9.17, 15) is 18.0 Å². The lowest BCUT2D eigenvalue weighted by atomic mass is 10.1. The molecule has 1 amide bonds. The molecule has 0 bridgehead atoms. The van der Waals surface area contributed by atoms with Gasteiger partial charge in [0.05, 0.1) is 33.6 Å². The average Bonchev–Trinajstić information content (AvgIpc) is 2.77. The summed E-state index contributed by atoms with van der Waals surface area (Å²) in [4.78, 5) is 24.4. The largest absolute Gasteiger partial charge is 0.462 e. The number of anilines is 2. The van der Waals surface area contributed by atoms with Crippen LogP contribution in [0.15, 0.2) is 59.5 Å². The monoisotopic (exact) mass is 520 g/mol. The van der Waals surface area contributed by atoms with Gasteiger partial charge in [0.25, 0.3) is 15.9 Å². The lowest BCUT2D eigenvalue weighted by molar-refractivity contribution is 0.0526. The predicted molar refractivity (Wildman–Crippen MR) is 134 cm³/mol. The van der Waals surface area contributed by atoms with Crippen LogP contribution in [0.25, 0.3) is 0 Å². The molecule has 0 saturated heterocycles. The van der Waals surface area contributed by atoms with Crippen molar-refractivity contribution in [1.82, 2.24) is 0 Å². The highest BCUT2D eigenvalue weighted by Gasteiger charge is 2.22. The summed E-state index contributed by atoms with van der Waals surface area (Å²) in [6, 6.07) is 13.5. The van der Waals surface area contributed by atoms with Gasteiger partial charge < -0.3 is 10.1 Å². The number of amides is 1. The van der Waals surface area contributed by atoms with E-state index >= 15 is 0 Å². The predicted octanol–water partition coefficient (Wildman–Crippen LogP) is 5.84. The molecule has 0 aromatic heterocycles. The third-order valence-corrected chi connectivity index (χ3v) is 7.00. The summed E-state index contributed by atoms with van der Waals surface area (Å²) >= 11 is 12.4. The standard InChI is InChI=1S/C24H22Cl2N2O5S/c1-4-33-24(30)17-7-10-21(19(26)12-17)27-23(29)16-6-8-18(25)22(13-16)34(31,32)28-20-9-5-14(2)11-15(20)3/h5-13,28H,4H2,1-3H3,(H,27,29). The lowest BCUT2D eigenvalue weighted by Crippen LogP contribution is -2.17. The molecule has 0 unspecified atom stereocenters. The number of halogens is 2. The van der Waals surface area contributed by atoms with Crippen LogP contribution in [-0.2, 0) is 14.8 Å². The molecule has 34 heavy (non-hydrogen) atoms. The molecular formula is C24H22Cl2N2O5S. The minimum Gasteiger partial charge on any atom is -0.462 e. The molecule has 0 fully saturated rings. The molecule has 3 aromatic rings. The van der Waals surface area contributed by atoms with Crippen molar-refractivity contribution in [3.63, 3.8) is 0 Å². The molecule has 0 saturated carbocycles. The van der Waals surface area contributed by atoms with Crippen LogP contribution in [0.1, 0.15) is 38.8 Å². The van der Waals surface area contributed by atoms with Crippen molar-refractivity contribution in [2.45, 2.75) is 25.7 Å². The maximum atomic E-state index is 13.0. The Labute approximate surface area is 208 Å². The first kappa shape index (κ1) is 25.6. The fraction of sp³-hybridized carbons (Fsp3) is 0.167. The van der Waals surface area contributed by atoms with E-state index in [1.807, 2.05) is 13.0 Å². The zero-order valence-electron chi connectivity index (χ0n) is 18.6. The zero-order chi connectivity index (χ0) is 25.0. The number of nitrogens with one attached hydrogen (secondary N) is 2. The average molecular weight is 521 g/mol. The number of benzene rings is 3. The highest BCUT2D eigenvalue weighted by atomic mass is 35.5. The first-order chi connectivity index (χ1) is 16.0. The van der Waals surface area contributed by atoms with Crippen molar-refractivity contribution in [2.24, 2.45) is 0 Å². The number of aryl methyl sites for hydroxylation is 2. The van der Waals surface area contributed by atoms with E-state index in [0.29, 0.717) is 5.69 Å². The first-order valence-electron chi connectivity index (χ1n) is 10.2. The van der Waals surface area contributed by atoms with Gasteiger partial charge >= 0.3 is 5.97 Å². The van der Waals surface area contributed by atoms with Gasteiger partial charge in [0.15, 0.2) is 0 Å². The third-order valence-electron chi connectivity index (χ3n) is 4.84. The number of rotatable bonds is 7. The summed E-state index contributed by atoms with van der Waals surface area (Å²) in [7, 11) is -4.08. The fourth-order valence-electron chi connectivity index (χ4n) is 3.13. The quantitative estimate of drug-likeness (QED) is 0.381. The first-order valence-corrected chi connectivity index (χ1v) is 12.4. The van der Waals surface area contributed by atoms with E-state index in [4.69, 9.17) is 27.9 Å². The maximum absolute atomic E-state index is 13.0. The van der Waals surface area contributed by atoms with Crippen LogP contribution in [0.5, 0.6) is 0 Å². The van der Waals surface area contributed by atoms with Gasteiger partial charge in [0, 0.05) is 5.56 Å². The molecule has 7 nitrogen and oxygen atoms in total. The van der Waals surface area contributed by atoms with Crippen molar-refractivity contribution in [1.29, 1.82) is 0 Å². The molecule has 10 heteroatoms.